The molecule has 0 spiro atoms. The number of carboxylic acids is 1. The van der Waals surface area contributed by atoms with Crippen LogP contribution < -0.4 is 0 Å². The number of hydrogen-bond donors (Lipinski definition) is 2. The Morgan fingerprint density at radius 1 is 0.953 bits per heavy atom. The van der Waals surface area contributed by atoms with Crippen molar-refractivity contribution in [1.82, 2.24) is 0 Å². The molecule has 2 N–H and O–H groups in total. The average Bonchev–Trinajstić information content (AvgIpc) is 3.46. The molecule has 3 fully saturated rings. The van der Waals surface area contributed by atoms with E-state index in [-0.39, 0.29) is 92.3 Å². The number of carbonyl (C=O) groups excluding carboxylic acids is 3. The fraction of sp³-hybridized carbons (Fsp3) is 0.677. The van der Waals surface area contributed by atoms with Gasteiger partial charge in [-0.3, -0.25) is 19.2 Å². The van der Waals surface area contributed by atoms with Gasteiger partial charge in [0.2, 0.25) is 0 Å². The fourth-order valence-electron chi connectivity index (χ4n) is 5.39. The molecule has 4 bridgehead atoms. The molecule has 12 heteroatoms. The minimum Gasteiger partial charge on any atom is -0.481 e. The minimum absolute atomic E-state index is 0. The maximum Gasteiger partial charge on any atom is 0.309 e. The Bertz CT molecular complexity index is 995. The molecule has 9 nitrogen and oxygen atoms in total. The van der Waals surface area contributed by atoms with Crippen LogP contribution in [0.3, 0.4) is 0 Å². The van der Waals surface area contributed by atoms with Gasteiger partial charge in [0.1, 0.15) is 12.2 Å². The number of hydrogen-bond acceptors (Lipinski definition) is 8. The summed E-state index contributed by atoms with van der Waals surface area (Å²) in [6.07, 6.45) is 20.0. The van der Waals surface area contributed by atoms with E-state index in [0.29, 0.717) is 23.4 Å². The van der Waals surface area contributed by atoms with Gasteiger partial charge in [-0.2, -0.15) is 0 Å². The van der Waals surface area contributed by atoms with Gasteiger partial charge in [-0.05, 0) is 72.1 Å². The molecule has 0 amide bonds. The van der Waals surface area contributed by atoms with Crippen LogP contribution >= 0.6 is 22.6 Å². The summed E-state index contributed by atoms with van der Waals surface area (Å²) in [4.78, 5) is 43.3. The number of halogens is 1. The number of carbonyl (C=O) groups is 4. The summed E-state index contributed by atoms with van der Waals surface area (Å²) in [5, 5.41) is 17.7. The van der Waals surface area contributed by atoms with Crippen LogP contribution in [0.1, 0.15) is 78.6 Å². The van der Waals surface area contributed by atoms with E-state index in [1.54, 1.807) is 13.0 Å². The van der Waals surface area contributed by atoms with Gasteiger partial charge in [0.05, 0.1) is 36.4 Å². The van der Waals surface area contributed by atoms with E-state index >= 15 is 0 Å². The van der Waals surface area contributed by atoms with Crippen molar-refractivity contribution in [2.45, 2.75) is 101 Å². The third-order valence-electron chi connectivity index (χ3n) is 7.74. The van der Waals surface area contributed by atoms with Crippen LogP contribution in [0, 0.1) is 54.8 Å². The molecule has 8 atom stereocenters. The number of carboxylic acid groups (broad SMARTS) is 1. The molecule has 0 aromatic heterocycles. The number of aliphatic hydroxyl groups is 1. The monoisotopic (exact) mass is 939 g/mol. The quantitative estimate of drug-likeness (QED) is 0.103. The van der Waals surface area contributed by atoms with Gasteiger partial charge in [0.15, 0.2) is 0 Å². The molecule has 1 saturated carbocycles. The van der Waals surface area contributed by atoms with Crippen LogP contribution in [0.4, 0.5) is 0 Å². The molecule has 2 aliphatic heterocycles. The van der Waals surface area contributed by atoms with E-state index < -0.39 is 12.1 Å². The number of esters is 3. The van der Waals surface area contributed by atoms with Crippen LogP contribution in [-0.2, 0) is 33.4 Å². The van der Waals surface area contributed by atoms with Gasteiger partial charge in [0.25, 0.3) is 0 Å². The molecule has 2 heterocycles. The number of aliphatic hydroxyl groups excluding tert-OH is 1. The van der Waals surface area contributed by atoms with Crippen LogP contribution in [-0.4, -0.2) is 72.6 Å². The maximum atomic E-state index is 11.2. The molecule has 0 aromatic carbocycles. The molecule has 6 aliphatic rings. The van der Waals surface area contributed by atoms with E-state index in [1.165, 1.54) is 0 Å². The Labute approximate surface area is 296 Å². The summed E-state index contributed by atoms with van der Waals surface area (Å²) in [6.45, 7) is 2.20. The van der Waals surface area contributed by atoms with E-state index in [1.807, 2.05) is 30.4 Å². The molecule has 0 aromatic rings. The predicted octanol–water partition coefficient (Wildman–Crippen LogP) is 4.69. The van der Waals surface area contributed by atoms with Gasteiger partial charge in [0, 0.05) is 49.8 Å². The number of fused-ring (bicyclic) bond motifs is 4. The van der Waals surface area contributed by atoms with Gasteiger partial charge < -0.3 is 24.4 Å². The zero-order valence-corrected chi connectivity index (χ0v) is 30.4. The second kappa shape index (κ2) is 21.6. The molecule has 6 rings (SSSR count). The maximum absolute atomic E-state index is 11.2. The third-order valence-corrected chi connectivity index (χ3v) is 9.17. The Morgan fingerprint density at radius 3 is 2.16 bits per heavy atom. The second-order valence-electron chi connectivity index (χ2n) is 10.8. The van der Waals surface area contributed by atoms with Crippen LogP contribution in [0.25, 0.3) is 0 Å². The molecular formula is C31H46BIO9U. The smallest absolute Gasteiger partial charge is 0.309 e. The van der Waals surface area contributed by atoms with Crippen molar-refractivity contribution in [3.8, 4) is 0 Å². The van der Waals surface area contributed by atoms with Gasteiger partial charge in [-0.1, -0.05) is 60.4 Å². The Balaban J connectivity index is 0.000000544. The first kappa shape index (κ1) is 39.9. The summed E-state index contributed by atoms with van der Waals surface area (Å²) in [6, 6.07) is 0. The number of allylic oxidation sites excluding steroid dienone is 4. The largest absolute Gasteiger partial charge is 0.481 e. The minimum atomic E-state index is -0.653. The molecular weight excluding hydrogens is 892 g/mol. The Kier molecular flexibility index (Phi) is 20.1. The van der Waals surface area contributed by atoms with Crippen molar-refractivity contribution in [3.63, 3.8) is 0 Å². The molecule has 2 radical (unpaired) electrons. The van der Waals surface area contributed by atoms with Crippen molar-refractivity contribution in [2.24, 2.45) is 23.7 Å². The van der Waals surface area contributed by atoms with Crippen molar-refractivity contribution < 1.29 is 74.7 Å². The SMILES string of the molecule is C.CCOC(=O)[C@H]1CC=C[C@@H](O)C1.O=C(O)C1CC=CCC1.O=C1O[C@@H]2C=CC[C@H]1C2.O=C1O[C@H]2C[C@@H]1CC[C@@H]2I.[2H][B].[U]. The first-order valence-electron chi connectivity index (χ1n) is 14.9. The standard InChI is InChI=1S/C9H14O3.C7H9IO2.C7H8O2.C7H10O2.CH4.BH.U/c1-2-12-9(11)7-4-3-5-8(10)6-7;8-5-2-1-4-3-6(5)10-7(4)9;8-7-5-2-1-3-6(4-5)9-7;8-7(9)6-4-2-1-3-5-6;;;/h3,5,7-8,10H,2,4,6H2,1H3;4-6H,1-3H2;1,3,5-6H,2,4H2;1-2,6H,3-5H2,(H,8,9);1H4;1H;/t7-,8+;4-,5-,6-;5-,6+;;;;/m000..../s1/i;;;;;1D;. The van der Waals surface area contributed by atoms with Gasteiger partial charge in [-0.25, -0.2) is 0 Å². The normalized spacial score (nSPS) is 32.2. The topological polar surface area (TPSA) is 136 Å². The summed E-state index contributed by atoms with van der Waals surface area (Å²) >= 11 is 2.38. The molecule has 43 heavy (non-hydrogen) atoms. The van der Waals surface area contributed by atoms with E-state index in [0.717, 1.165) is 51.4 Å². The zero-order valence-electron chi connectivity index (χ0n) is 25.1. The summed E-state index contributed by atoms with van der Waals surface area (Å²) in [5.41, 5.74) is 0. The molecule has 1 unspecified atom stereocenters. The van der Waals surface area contributed by atoms with Crippen molar-refractivity contribution in [1.29, 1.82) is 1.34 Å². The molecule has 2 saturated heterocycles. The van der Waals surface area contributed by atoms with Crippen molar-refractivity contribution >= 4 is 54.8 Å². The van der Waals surface area contributed by atoms with Crippen molar-refractivity contribution in [3.05, 3.63) is 36.5 Å². The Hall–Kier alpha value is -1.09. The van der Waals surface area contributed by atoms with Gasteiger partial charge >= 0.3 is 23.9 Å². The van der Waals surface area contributed by atoms with Gasteiger partial charge in [-0.15, -0.1) is 0 Å². The zero-order chi connectivity index (χ0) is 31.1. The summed E-state index contributed by atoms with van der Waals surface area (Å²) in [5.74, 6) is -0.648. The third kappa shape index (κ3) is 13.8. The van der Waals surface area contributed by atoms with Crippen LogP contribution in [0.5, 0.6) is 0 Å². The summed E-state index contributed by atoms with van der Waals surface area (Å²) in [7, 11) is 3.75. The second-order valence-corrected chi connectivity index (χ2v) is 12.4. The molecule has 238 valence electrons. The summed E-state index contributed by atoms with van der Waals surface area (Å²) < 4.78 is 20.8. The van der Waals surface area contributed by atoms with E-state index in [9.17, 15) is 24.3 Å². The Morgan fingerprint density at radius 2 is 1.63 bits per heavy atom. The molecule has 4 aliphatic carbocycles. The van der Waals surface area contributed by atoms with E-state index in [2.05, 4.69) is 31.0 Å². The average molecular weight is 939 g/mol. The van der Waals surface area contributed by atoms with Crippen LogP contribution in [0.15, 0.2) is 36.5 Å². The number of rotatable bonds is 3. The number of alkyl halides is 1. The first-order chi connectivity index (χ1) is 20.2. The van der Waals surface area contributed by atoms with E-state index in [4.69, 9.17) is 20.7 Å². The number of aliphatic carboxylic acids is 1. The first-order valence-corrected chi connectivity index (χ1v) is 15.5. The van der Waals surface area contributed by atoms with Crippen LogP contribution in [0.2, 0.25) is 0 Å². The fourth-order valence-corrected chi connectivity index (χ4v) is 6.19. The van der Waals surface area contributed by atoms with Crippen molar-refractivity contribution in [2.75, 3.05) is 6.61 Å². The number of ether oxygens (including phenoxy) is 3. The predicted molar refractivity (Wildman–Crippen MR) is 169 cm³/mol.